The number of benzene rings is 3. The molecule has 0 saturated heterocycles. The van der Waals surface area contributed by atoms with Crippen LogP contribution < -0.4 is 4.90 Å². The van der Waals surface area contributed by atoms with Crippen LogP contribution in [0.15, 0.2) is 91.3 Å². The van der Waals surface area contributed by atoms with E-state index < -0.39 is 5.60 Å². The molecule has 3 aromatic carbocycles. The molecule has 0 bridgehead atoms. The van der Waals surface area contributed by atoms with Crippen LogP contribution in [0.1, 0.15) is 11.1 Å². The average Bonchev–Trinajstić information content (AvgIpc) is 2.96. The van der Waals surface area contributed by atoms with Gasteiger partial charge in [-0.1, -0.05) is 54.6 Å². The summed E-state index contributed by atoms with van der Waals surface area (Å²) in [5.74, 6) is -0.332. The van der Waals surface area contributed by atoms with Crippen molar-refractivity contribution in [2.75, 3.05) is 4.90 Å². The van der Waals surface area contributed by atoms with Crippen molar-refractivity contribution in [3.05, 3.63) is 102 Å². The van der Waals surface area contributed by atoms with Gasteiger partial charge in [-0.25, -0.2) is 0 Å². The molecule has 5 rings (SSSR count). The van der Waals surface area contributed by atoms with E-state index in [9.17, 15) is 9.90 Å². The molecule has 4 nitrogen and oxygen atoms in total. The molecule has 1 atom stereocenters. The van der Waals surface area contributed by atoms with Crippen LogP contribution in [0.25, 0.3) is 10.8 Å². The molecular weight excluding hydrogens is 348 g/mol. The molecule has 1 N–H and O–H groups in total. The molecule has 28 heavy (non-hydrogen) atoms. The van der Waals surface area contributed by atoms with Gasteiger partial charge in [0.05, 0.1) is 11.4 Å². The quantitative estimate of drug-likeness (QED) is 0.587. The first kappa shape index (κ1) is 16.7. The van der Waals surface area contributed by atoms with E-state index in [1.165, 1.54) is 0 Å². The highest BCUT2D eigenvalue weighted by Gasteiger charge is 2.50. The Morgan fingerprint density at radius 3 is 2.36 bits per heavy atom. The van der Waals surface area contributed by atoms with Crippen LogP contribution in [-0.2, 0) is 16.8 Å². The largest absolute Gasteiger partial charge is 0.375 e. The summed E-state index contributed by atoms with van der Waals surface area (Å²) in [6, 6.07) is 25.0. The Hall–Kier alpha value is -3.50. The standard InChI is InChI=1S/C24H18N2O2/c27-23-24(28,16-17-12-14-25-15-13-17)20-9-3-4-10-22(20)26(23)21-11-5-7-18-6-1-2-8-19(18)21/h1-15,28H,16H2/t24-/m1/s1. The lowest BCUT2D eigenvalue weighted by atomic mass is 9.89. The van der Waals surface area contributed by atoms with Crippen LogP contribution in [0.2, 0.25) is 0 Å². The summed E-state index contributed by atoms with van der Waals surface area (Å²) in [5.41, 5.74) is 1.38. The number of hydrogen-bond acceptors (Lipinski definition) is 3. The number of aromatic nitrogens is 1. The van der Waals surface area contributed by atoms with Gasteiger partial charge >= 0.3 is 0 Å². The number of anilines is 2. The fraction of sp³-hybridized carbons (Fsp3) is 0.0833. The number of carbonyl (C=O) groups excluding carboxylic acids is 1. The minimum atomic E-state index is -1.62. The van der Waals surface area contributed by atoms with Gasteiger partial charge in [-0.05, 0) is 35.2 Å². The third-order valence-electron chi connectivity index (χ3n) is 5.36. The van der Waals surface area contributed by atoms with E-state index in [0.29, 0.717) is 5.56 Å². The van der Waals surface area contributed by atoms with Gasteiger partial charge in [0.25, 0.3) is 5.91 Å². The second-order valence-corrected chi connectivity index (χ2v) is 7.05. The van der Waals surface area contributed by atoms with Crippen molar-refractivity contribution in [3.8, 4) is 0 Å². The van der Waals surface area contributed by atoms with Crippen LogP contribution in [0, 0.1) is 0 Å². The van der Waals surface area contributed by atoms with Gasteiger partial charge in [0, 0.05) is 29.8 Å². The lowest BCUT2D eigenvalue weighted by molar-refractivity contribution is -0.135. The zero-order valence-corrected chi connectivity index (χ0v) is 15.1. The molecule has 136 valence electrons. The SMILES string of the molecule is O=C1N(c2cccc3ccccc23)c2ccccc2[C@]1(O)Cc1ccncc1. The molecular formula is C24H18N2O2. The van der Waals surface area contributed by atoms with Crippen molar-refractivity contribution in [1.82, 2.24) is 4.98 Å². The van der Waals surface area contributed by atoms with E-state index >= 15 is 0 Å². The maximum atomic E-state index is 13.6. The molecule has 0 aliphatic carbocycles. The van der Waals surface area contributed by atoms with E-state index in [-0.39, 0.29) is 12.3 Å². The Labute approximate surface area is 162 Å². The predicted molar refractivity (Wildman–Crippen MR) is 109 cm³/mol. The summed E-state index contributed by atoms with van der Waals surface area (Å²) in [6.07, 6.45) is 3.55. The smallest absolute Gasteiger partial charge is 0.268 e. The number of fused-ring (bicyclic) bond motifs is 2. The monoisotopic (exact) mass is 366 g/mol. The molecule has 1 aliphatic rings. The number of rotatable bonds is 3. The first-order valence-electron chi connectivity index (χ1n) is 9.21. The summed E-state index contributed by atoms with van der Waals surface area (Å²) < 4.78 is 0. The molecule has 1 aromatic heterocycles. The van der Waals surface area contributed by atoms with Gasteiger partial charge in [-0.15, -0.1) is 0 Å². The number of para-hydroxylation sites is 1. The van der Waals surface area contributed by atoms with Crippen LogP contribution in [0.5, 0.6) is 0 Å². The van der Waals surface area contributed by atoms with Crippen LogP contribution in [-0.4, -0.2) is 16.0 Å². The molecule has 0 spiro atoms. The van der Waals surface area contributed by atoms with Crippen molar-refractivity contribution in [3.63, 3.8) is 0 Å². The third kappa shape index (κ3) is 2.42. The van der Waals surface area contributed by atoms with Crippen LogP contribution in [0.4, 0.5) is 11.4 Å². The first-order valence-corrected chi connectivity index (χ1v) is 9.21. The van der Waals surface area contributed by atoms with E-state index in [0.717, 1.165) is 27.7 Å². The third-order valence-corrected chi connectivity index (χ3v) is 5.36. The van der Waals surface area contributed by atoms with Gasteiger partial charge in [0.2, 0.25) is 0 Å². The molecule has 2 heterocycles. The normalized spacial score (nSPS) is 18.5. The van der Waals surface area contributed by atoms with E-state index in [1.807, 2.05) is 78.9 Å². The van der Waals surface area contributed by atoms with Crippen LogP contribution in [0.3, 0.4) is 0 Å². The summed E-state index contributed by atoms with van der Waals surface area (Å²) in [5, 5.41) is 13.6. The molecule has 1 aliphatic heterocycles. The van der Waals surface area contributed by atoms with Crippen molar-refractivity contribution in [2.24, 2.45) is 0 Å². The van der Waals surface area contributed by atoms with Gasteiger partial charge in [0.1, 0.15) is 0 Å². The number of amides is 1. The van der Waals surface area contributed by atoms with Crippen molar-refractivity contribution >= 4 is 28.1 Å². The number of hydrogen-bond donors (Lipinski definition) is 1. The number of nitrogens with zero attached hydrogens (tertiary/aromatic N) is 2. The van der Waals surface area contributed by atoms with Crippen molar-refractivity contribution < 1.29 is 9.90 Å². The fourth-order valence-electron chi connectivity index (χ4n) is 4.04. The summed E-state index contributed by atoms with van der Waals surface area (Å²) in [4.78, 5) is 19.3. The summed E-state index contributed by atoms with van der Waals surface area (Å²) in [6.45, 7) is 0. The molecule has 0 unspecified atom stereocenters. The van der Waals surface area contributed by atoms with E-state index in [4.69, 9.17) is 0 Å². The molecule has 0 saturated carbocycles. The Morgan fingerprint density at radius 2 is 1.50 bits per heavy atom. The maximum Gasteiger partial charge on any atom is 0.268 e. The highest BCUT2D eigenvalue weighted by atomic mass is 16.3. The Bertz CT molecular complexity index is 1180. The van der Waals surface area contributed by atoms with Gasteiger partial charge < -0.3 is 5.11 Å². The zero-order chi connectivity index (χ0) is 19.1. The van der Waals surface area contributed by atoms with Gasteiger partial charge in [0.15, 0.2) is 5.60 Å². The highest BCUT2D eigenvalue weighted by Crippen LogP contribution is 2.47. The molecule has 0 fully saturated rings. The average molecular weight is 366 g/mol. The van der Waals surface area contributed by atoms with Crippen molar-refractivity contribution in [2.45, 2.75) is 12.0 Å². The summed E-state index contributed by atoms with van der Waals surface area (Å²) >= 11 is 0. The minimum Gasteiger partial charge on any atom is -0.375 e. The lowest BCUT2D eigenvalue weighted by Gasteiger charge is -2.24. The second kappa shape index (κ2) is 6.29. The topological polar surface area (TPSA) is 53.4 Å². The Kier molecular flexibility index (Phi) is 3.74. The van der Waals surface area contributed by atoms with E-state index in [1.54, 1.807) is 17.3 Å². The van der Waals surface area contributed by atoms with Crippen LogP contribution >= 0.6 is 0 Å². The van der Waals surface area contributed by atoms with Gasteiger partial charge in [-0.2, -0.15) is 0 Å². The molecule has 4 aromatic rings. The second-order valence-electron chi connectivity index (χ2n) is 7.05. The minimum absolute atomic E-state index is 0.201. The highest BCUT2D eigenvalue weighted by molar-refractivity contribution is 6.16. The predicted octanol–water partition coefficient (Wildman–Crippen LogP) is 4.34. The summed E-state index contributed by atoms with van der Waals surface area (Å²) in [7, 11) is 0. The maximum absolute atomic E-state index is 13.6. The number of aliphatic hydroxyl groups is 1. The first-order chi connectivity index (χ1) is 13.7. The lowest BCUT2D eigenvalue weighted by Crippen LogP contribution is -2.40. The molecule has 1 amide bonds. The van der Waals surface area contributed by atoms with Gasteiger partial charge in [-0.3, -0.25) is 14.7 Å². The Morgan fingerprint density at radius 1 is 0.821 bits per heavy atom. The molecule has 4 heteroatoms. The van der Waals surface area contributed by atoms with E-state index in [2.05, 4.69) is 4.98 Å². The molecule has 0 radical (unpaired) electrons. The van der Waals surface area contributed by atoms with Crippen molar-refractivity contribution in [1.29, 1.82) is 0 Å². The zero-order valence-electron chi connectivity index (χ0n) is 15.1. The Balaban J connectivity index is 1.69. The number of pyridine rings is 1. The fourth-order valence-corrected chi connectivity index (χ4v) is 4.04. The number of carbonyl (C=O) groups is 1.